The van der Waals surface area contributed by atoms with E-state index in [1.54, 1.807) is 30.6 Å². The molecule has 1 atom stereocenters. The van der Waals surface area contributed by atoms with Gasteiger partial charge in [0, 0.05) is 24.5 Å². The number of hydrogen-bond acceptors (Lipinski definition) is 4. The van der Waals surface area contributed by atoms with Gasteiger partial charge >= 0.3 is 0 Å². The number of furan rings is 1. The number of pyridine rings is 1. The number of aliphatic hydroxyl groups excluding tert-OH is 1. The lowest BCUT2D eigenvalue weighted by Crippen LogP contribution is -2.28. The Hall–Kier alpha value is -2.14. The van der Waals surface area contributed by atoms with Crippen LogP contribution in [0.3, 0.4) is 0 Å². The standard InChI is InChI=1S/C12H12N2O3/c15-11(9-2-1-4-13-6-9)7-14-12(16)10-3-5-17-8-10/h1-6,8,11,15H,7H2,(H,14,16). The first-order chi connectivity index (χ1) is 8.27. The summed E-state index contributed by atoms with van der Waals surface area (Å²) in [7, 11) is 0. The van der Waals surface area contributed by atoms with Crippen LogP contribution in [-0.2, 0) is 0 Å². The van der Waals surface area contributed by atoms with Crippen molar-refractivity contribution < 1.29 is 14.3 Å². The van der Waals surface area contributed by atoms with Gasteiger partial charge in [-0.3, -0.25) is 9.78 Å². The fourth-order valence-corrected chi connectivity index (χ4v) is 1.38. The van der Waals surface area contributed by atoms with Gasteiger partial charge in [0.25, 0.3) is 5.91 Å². The zero-order valence-electron chi connectivity index (χ0n) is 9.04. The molecule has 5 nitrogen and oxygen atoms in total. The molecule has 88 valence electrons. The van der Waals surface area contributed by atoms with E-state index < -0.39 is 6.10 Å². The predicted molar refractivity (Wildman–Crippen MR) is 60.2 cm³/mol. The van der Waals surface area contributed by atoms with Crippen molar-refractivity contribution in [3.8, 4) is 0 Å². The Morgan fingerprint density at radius 1 is 1.53 bits per heavy atom. The summed E-state index contributed by atoms with van der Waals surface area (Å²) in [6.45, 7) is 0.135. The lowest BCUT2D eigenvalue weighted by Gasteiger charge is -2.10. The number of carbonyl (C=O) groups excluding carboxylic acids is 1. The van der Waals surface area contributed by atoms with Crippen molar-refractivity contribution >= 4 is 5.91 Å². The molecular weight excluding hydrogens is 220 g/mol. The van der Waals surface area contributed by atoms with Gasteiger partial charge in [-0.2, -0.15) is 0 Å². The third kappa shape index (κ3) is 2.92. The summed E-state index contributed by atoms with van der Waals surface area (Å²) in [5, 5.41) is 12.4. The Balaban J connectivity index is 1.89. The van der Waals surface area contributed by atoms with Crippen molar-refractivity contribution in [3.63, 3.8) is 0 Å². The molecule has 0 aliphatic carbocycles. The summed E-state index contributed by atoms with van der Waals surface area (Å²) < 4.78 is 4.79. The molecule has 0 radical (unpaired) electrons. The Kier molecular flexibility index (Phi) is 3.52. The minimum atomic E-state index is -0.764. The molecule has 2 aromatic heterocycles. The highest BCUT2D eigenvalue weighted by molar-refractivity contribution is 5.93. The SMILES string of the molecule is O=C(NCC(O)c1cccnc1)c1ccoc1. The van der Waals surface area contributed by atoms with E-state index in [0.29, 0.717) is 11.1 Å². The molecule has 1 unspecified atom stereocenters. The van der Waals surface area contributed by atoms with Crippen LogP contribution in [0.4, 0.5) is 0 Å². The maximum Gasteiger partial charge on any atom is 0.254 e. The first-order valence-electron chi connectivity index (χ1n) is 5.16. The van der Waals surface area contributed by atoms with Gasteiger partial charge in [-0.25, -0.2) is 0 Å². The van der Waals surface area contributed by atoms with Gasteiger partial charge in [0.05, 0.1) is 17.9 Å². The van der Waals surface area contributed by atoms with Crippen molar-refractivity contribution in [2.45, 2.75) is 6.10 Å². The van der Waals surface area contributed by atoms with Crippen LogP contribution in [0.15, 0.2) is 47.5 Å². The number of amides is 1. The fraction of sp³-hybridized carbons (Fsp3) is 0.167. The molecule has 5 heteroatoms. The summed E-state index contributed by atoms with van der Waals surface area (Å²) in [5.74, 6) is -0.276. The highest BCUT2D eigenvalue weighted by Crippen LogP contribution is 2.09. The van der Waals surface area contributed by atoms with E-state index in [1.807, 2.05) is 0 Å². The van der Waals surface area contributed by atoms with Crippen LogP contribution in [0.25, 0.3) is 0 Å². The number of hydrogen-bond donors (Lipinski definition) is 2. The zero-order chi connectivity index (χ0) is 12.1. The Morgan fingerprint density at radius 3 is 3.06 bits per heavy atom. The van der Waals surface area contributed by atoms with E-state index in [4.69, 9.17) is 4.42 Å². The van der Waals surface area contributed by atoms with E-state index in [1.165, 1.54) is 12.5 Å². The third-order valence-electron chi connectivity index (χ3n) is 2.31. The van der Waals surface area contributed by atoms with E-state index in [9.17, 15) is 9.90 Å². The van der Waals surface area contributed by atoms with Gasteiger partial charge in [0.15, 0.2) is 0 Å². The van der Waals surface area contributed by atoms with Crippen molar-refractivity contribution in [2.75, 3.05) is 6.54 Å². The third-order valence-corrected chi connectivity index (χ3v) is 2.31. The number of rotatable bonds is 4. The number of nitrogens with one attached hydrogen (secondary N) is 1. The molecule has 1 amide bonds. The van der Waals surface area contributed by atoms with E-state index in [2.05, 4.69) is 10.3 Å². The Bertz CT molecular complexity index is 468. The maximum absolute atomic E-state index is 11.5. The lowest BCUT2D eigenvalue weighted by atomic mass is 10.1. The van der Waals surface area contributed by atoms with Gasteiger partial charge < -0.3 is 14.8 Å². The predicted octanol–water partition coefficient (Wildman–Crippen LogP) is 1.14. The molecule has 0 aliphatic rings. The lowest BCUT2D eigenvalue weighted by molar-refractivity contribution is 0.0915. The van der Waals surface area contributed by atoms with Gasteiger partial charge in [-0.15, -0.1) is 0 Å². The van der Waals surface area contributed by atoms with Gasteiger partial charge in [0.1, 0.15) is 6.26 Å². The molecule has 2 aromatic rings. The first kappa shape index (κ1) is 11.3. The molecule has 2 heterocycles. The van der Waals surface area contributed by atoms with E-state index in [-0.39, 0.29) is 12.5 Å². The van der Waals surface area contributed by atoms with Crippen LogP contribution in [0.1, 0.15) is 22.0 Å². The molecule has 0 saturated heterocycles. The normalized spacial score (nSPS) is 12.1. The Morgan fingerprint density at radius 2 is 2.41 bits per heavy atom. The highest BCUT2D eigenvalue weighted by Gasteiger charge is 2.11. The van der Waals surface area contributed by atoms with Crippen LogP contribution < -0.4 is 5.32 Å². The minimum absolute atomic E-state index is 0.135. The van der Waals surface area contributed by atoms with Crippen LogP contribution in [0.2, 0.25) is 0 Å². The minimum Gasteiger partial charge on any atom is -0.472 e. The van der Waals surface area contributed by atoms with Crippen molar-refractivity contribution in [3.05, 3.63) is 54.2 Å². The number of aromatic nitrogens is 1. The first-order valence-corrected chi connectivity index (χ1v) is 5.16. The molecule has 2 rings (SSSR count). The fourth-order valence-electron chi connectivity index (χ4n) is 1.38. The molecule has 0 saturated carbocycles. The van der Waals surface area contributed by atoms with Gasteiger partial charge in [0.2, 0.25) is 0 Å². The number of aliphatic hydroxyl groups is 1. The number of nitrogens with zero attached hydrogens (tertiary/aromatic N) is 1. The average Bonchev–Trinajstić information content (AvgIpc) is 2.90. The van der Waals surface area contributed by atoms with Crippen LogP contribution in [0, 0.1) is 0 Å². The summed E-state index contributed by atoms with van der Waals surface area (Å²) >= 11 is 0. The smallest absolute Gasteiger partial charge is 0.254 e. The molecular formula is C12H12N2O3. The zero-order valence-corrected chi connectivity index (χ0v) is 9.04. The van der Waals surface area contributed by atoms with Gasteiger partial charge in [-0.05, 0) is 12.1 Å². The molecule has 0 aliphatic heterocycles. The van der Waals surface area contributed by atoms with Crippen LogP contribution in [-0.4, -0.2) is 22.5 Å². The van der Waals surface area contributed by atoms with E-state index >= 15 is 0 Å². The van der Waals surface area contributed by atoms with Crippen molar-refractivity contribution in [1.29, 1.82) is 0 Å². The van der Waals surface area contributed by atoms with Gasteiger partial charge in [-0.1, -0.05) is 6.07 Å². The average molecular weight is 232 g/mol. The quantitative estimate of drug-likeness (QED) is 0.828. The summed E-state index contributed by atoms with van der Waals surface area (Å²) in [6, 6.07) is 5.05. The number of carbonyl (C=O) groups is 1. The Labute approximate surface area is 98.1 Å². The molecule has 0 aromatic carbocycles. The van der Waals surface area contributed by atoms with E-state index in [0.717, 1.165) is 0 Å². The molecule has 17 heavy (non-hydrogen) atoms. The molecule has 2 N–H and O–H groups in total. The van der Waals surface area contributed by atoms with Crippen LogP contribution in [0.5, 0.6) is 0 Å². The monoisotopic (exact) mass is 232 g/mol. The summed E-state index contributed by atoms with van der Waals surface area (Å²) in [4.78, 5) is 15.4. The largest absolute Gasteiger partial charge is 0.472 e. The highest BCUT2D eigenvalue weighted by atomic mass is 16.3. The van der Waals surface area contributed by atoms with Crippen molar-refractivity contribution in [2.24, 2.45) is 0 Å². The second kappa shape index (κ2) is 5.27. The summed E-state index contributed by atoms with van der Waals surface area (Å²) in [5.41, 5.74) is 1.10. The summed E-state index contributed by atoms with van der Waals surface area (Å²) in [6.07, 6.45) is 5.20. The second-order valence-electron chi connectivity index (χ2n) is 3.52. The maximum atomic E-state index is 11.5. The topological polar surface area (TPSA) is 75.4 Å². The molecule has 0 fully saturated rings. The van der Waals surface area contributed by atoms with Crippen LogP contribution >= 0.6 is 0 Å². The van der Waals surface area contributed by atoms with Crippen molar-refractivity contribution in [1.82, 2.24) is 10.3 Å². The second-order valence-corrected chi connectivity index (χ2v) is 3.52. The molecule has 0 spiro atoms. The molecule has 0 bridgehead atoms.